The molecule has 0 spiro atoms. The SMILES string of the molecule is CCCCCCCCc1cccc(Nc2ccccc2)c1CCCCCCCC. The first kappa shape index (κ1) is 23.5. The minimum absolute atomic E-state index is 1.19. The van der Waals surface area contributed by atoms with Crippen molar-refractivity contribution in [2.24, 2.45) is 0 Å². The Morgan fingerprint density at radius 2 is 1.14 bits per heavy atom. The number of hydrogen-bond acceptors (Lipinski definition) is 1. The largest absolute Gasteiger partial charge is 0.355 e. The fourth-order valence-corrected chi connectivity index (χ4v) is 4.14. The van der Waals surface area contributed by atoms with Crippen molar-refractivity contribution >= 4 is 11.4 Å². The van der Waals surface area contributed by atoms with E-state index in [-0.39, 0.29) is 0 Å². The Hall–Kier alpha value is -1.76. The molecule has 0 aromatic heterocycles. The molecule has 0 radical (unpaired) electrons. The lowest BCUT2D eigenvalue weighted by Gasteiger charge is -2.17. The van der Waals surface area contributed by atoms with E-state index in [0.717, 1.165) is 0 Å². The minimum Gasteiger partial charge on any atom is -0.355 e. The first-order chi connectivity index (χ1) is 14.3. The maximum Gasteiger partial charge on any atom is 0.0419 e. The smallest absolute Gasteiger partial charge is 0.0419 e. The molecule has 1 heteroatoms. The second-order valence-corrected chi connectivity index (χ2v) is 8.47. The third-order valence-electron chi connectivity index (χ3n) is 5.91. The number of hydrogen-bond donors (Lipinski definition) is 1. The van der Waals surface area contributed by atoms with Crippen LogP contribution in [0.2, 0.25) is 0 Å². The molecule has 0 atom stereocenters. The summed E-state index contributed by atoms with van der Waals surface area (Å²) >= 11 is 0. The van der Waals surface area contributed by atoms with Crippen molar-refractivity contribution in [3.8, 4) is 0 Å². The molecule has 1 N–H and O–H groups in total. The Labute approximate surface area is 180 Å². The highest BCUT2D eigenvalue weighted by molar-refractivity contribution is 5.64. The van der Waals surface area contributed by atoms with E-state index in [0.29, 0.717) is 0 Å². The number of nitrogens with one attached hydrogen (secondary N) is 1. The first-order valence-corrected chi connectivity index (χ1v) is 12.3. The quantitative estimate of drug-likeness (QED) is 0.280. The Morgan fingerprint density at radius 1 is 0.552 bits per heavy atom. The van der Waals surface area contributed by atoms with Gasteiger partial charge in [0.1, 0.15) is 0 Å². The van der Waals surface area contributed by atoms with Crippen LogP contribution in [0, 0.1) is 0 Å². The molecule has 0 heterocycles. The average molecular weight is 394 g/mol. The van der Waals surface area contributed by atoms with Gasteiger partial charge >= 0.3 is 0 Å². The van der Waals surface area contributed by atoms with E-state index in [1.165, 1.54) is 101 Å². The Morgan fingerprint density at radius 3 is 1.79 bits per heavy atom. The van der Waals surface area contributed by atoms with Gasteiger partial charge in [-0.2, -0.15) is 0 Å². The van der Waals surface area contributed by atoms with Crippen LogP contribution in [0.3, 0.4) is 0 Å². The molecule has 29 heavy (non-hydrogen) atoms. The van der Waals surface area contributed by atoms with Crippen LogP contribution in [0.15, 0.2) is 48.5 Å². The Kier molecular flexibility index (Phi) is 12.3. The van der Waals surface area contributed by atoms with Gasteiger partial charge in [0.05, 0.1) is 0 Å². The van der Waals surface area contributed by atoms with Crippen molar-refractivity contribution in [1.82, 2.24) is 0 Å². The van der Waals surface area contributed by atoms with E-state index >= 15 is 0 Å². The molecule has 2 rings (SSSR count). The van der Waals surface area contributed by atoms with Crippen LogP contribution in [-0.4, -0.2) is 0 Å². The summed E-state index contributed by atoms with van der Waals surface area (Å²) in [4.78, 5) is 0. The van der Waals surface area contributed by atoms with Gasteiger partial charge < -0.3 is 5.32 Å². The molecule has 2 aromatic carbocycles. The molecule has 0 bridgehead atoms. The molecule has 0 fully saturated rings. The lowest BCUT2D eigenvalue weighted by atomic mass is 9.94. The molecular weight excluding hydrogens is 350 g/mol. The van der Waals surface area contributed by atoms with Crippen LogP contribution in [0.1, 0.15) is 102 Å². The van der Waals surface area contributed by atoms with Crippen LogP contribution < -0.4 is 5.32 Å². The fraction of sp³-hybridized carbons (Fsp3) is 0.571. The summed E-state index contributed by atoms with van der Waals surface area (Å²) < 4.78 is 0. The van der Waals surface area contributed by atoms with E-state index < -0.39 is 0 Å². The second kappa shape index (κ2) is 15.1. The number of unbranched alkanes of at least 4 members (excludes halogenated alkanes) is 10. The molecule has 0 unspecified atom stereocenters. The molecule has 0 amide bonds. The van der Waals surface area contributed by atoms with E-state index in [1.807, 2.05) is 0 Å². The molecule has 1 nitrogen and oxygen atoms in total. The first-order valence-electron chi connectivity index (χ1n) is 12.3. The van der Waals surface area contributed by atoms with Crippen molar-refractivity contribution in [3.05, 3.63) is 59.7 Å². The van der Waals surface area contributed by atoms with Crippen LogP contribution in [0.5, 0.6) is 0 Å². The number of para-hydroxylation sites is 1. The maximum atomic E-state index is 3.69. The summed E-state index contributed by atoms with van der Waals surface area (Å²) in [6.45, 7) is 4.58. The van der Waals surface area contributed by atoms with Gasteiger partial charge in [-0.1, -0.05) is 108 Å². The molecule has 0 aliphatic carbocycles. The average Bonchev–Trinajstić information content (AvgIpc) is 2.75. The molecular formula is C28H43N. The predicted molar refractivity (Wildman–Crippen MR) is 130 cm³/mol. The standard InChI is InChI=1S/C28H43N/c1-3-5-7-9-11-14-19-25-20-18-24-28(29-26-21-15-13-16-22-26)27(25)23-17-12-10-8-6-4-2/h13,15-16,18,20-22,24,29H,3-12,14,17,19,23H2,1-2H3. The highest BCUT2D eigenvalue weighted by atomic mass is 14.9. The molecule has 0 saturated heterocycles. The van der Waals surface area contributed by atoms with Crippen LogP contribution >= 0.6 is 0 Å². The third-order valence-corrected chi connectivity index (χ3v) is 5.91. The van der Waals surface area contributed by atoms with Crippen molar-refractivity contribution < 1.29 is 0 Å². The van der Waals surface area contributed by atoms with Crippen molar-refractivity contribution in [1.29, 1.82) is 0 Å². The van der Waals surface area contributed by atoms with Crippen LogP contribution in [0.4, 0.5) is 11.4 Å². The van der Waals surface area contributed by atoms with Gasteiger partial charge in [0.2, 0.25) is 0 Å². The summed E-state index contributed by atoms with van der Waals surface area (Å²) in [6.07, 6.45) is 18.8. The topological polar surface area (TPSA) is 12.0 Å². The minimum atomic E-state index is 1.19. The predicted octanol–water partition coefficient (Wildman–Crippen LogP) is 9.24. The van der Waals surface area contributed by atoms with E-state index in [1.54, 1.807) is 11.1 Å². The lowest BCUT2D eigenvalue weighted by Crippen LogP contribution is -2.02. The summed E-state index contributed by atoms with van der Waals surface area (Å²) in [6, 6.07) is 17.5. The number of benzene rings is 2. The summed E-state index contributed by atoms with van der Waals surface area (Å²) in [7, 11) is 0. The normalized spacial score (nSPS) is 11.0. The highest BCUT2D eigenvalue weighted by Gasteiger charge is 2.09. The fourth-order valence-electron chi connectivity index (χ4n) is 4.14. The molecule has 0 aliphatic rings. The maximum absolute atomic E-state index is 3.69. The van der Waals surface area contributed by atoms with Crippen molar-refractivity contribution in [3.63, 3.8) is 0 Å². The Bertz CT molecular complexity index is 647. The highest BCUT2D eigenvalue weighted by Crippen LogP contribution is 2.27. The zero-order valence-electron chi connectivity index (χ0n) is 19.0. The van der Waals surface area contributed by atoms with Gasteiger partial charge in [0, 0.05) is 11.4 Å². The number of anilines is 2. The van der Waals surface area contributed by atoms with Gasteiger partial charge in [-0.15, -0.1) is 0 Å². The molecule has 160 valence electrons. The van der Waals surface area contributed by atoms with Crippen LogP contribution in [0.25, 0.3) is 0 Å². The monoisotopic (exact) mass is 393 g/mol. The zero-order chi connectivity index (χ0) is 20.6. The van der Waals surface area contributed by atoms with E-state index in [9.17, 15) is 0 Å². The van der Waals surface area contributed by atoms with Gasteiger partial charge in [-0.25, -0.2) is 0 Å². The van der Waals surface area contributed by atoms with Gasteiger partial charge in [-0.3, -0.25) is 0 Å². The van der Waals surface area contributed by atoms with E-state index in [2.05, 4.69) is 67.7 Å². The zero-order valence-corrected chi connectivity index (χ0v) is 19.0. The molecule has 0 aliphatic heterocycles. The van der Waals surface area contributed by atoms with Crippen molar-refractivity contribution in [2.75, 3.05) is 5.32 Å². The molecule has 0 saturated carbocycles. The number of aryl methyl sites for hydroxylation is 1. The van der Waals surface area contributed by atoms with Crippen molar-refractivity contribution in [2.45, 2.75) is 104 Å². The summed E-state index contributed by atoms with van der Waals surface area (Å²) in [5.41, 5.74) is 5.62. The Balaban J connectivity index is 1.98. The van der Waals surface area contributed by atoms with Gasteiger partial charge in [-0.05, 0) is 55.0 Å². The molecule has 2 aromatic rings. The van der Waals surface area contributed by atoms with Crippen LogP contribution in [-0.2, 0) is 12.8 Å². The lowest BCUT2D eigenvalue weighted by molar-refractivity contribution is 0.599. The number of rotatable bonds is 16. The summed E-state index contributed by atoms with van der Waals surface area (Å²) in [5, 5.41) is 3.69. The third kappa shape index (κ3) is 9.52. The van der Waals surface area contributed by atoms with Gasteiger partial charge in [0.15, 0.2) is 0 Å². The van der Waals surface area contributed by atoms with E-state index in [4.69, 9.17) is 0 Å². The summed E-state index contributed by atoms with van der Waals surface area (Å²) in [5.74, 6) is 0. The van der Waals surface area contributed by atoms with Gasteiger partial charge in [0.25, 0.3) is 0 Å². The second-order valence-electron chi connectivity index (χ2n) is 8.47.